The van der Waals surface area contributed by atoms with Crippen LogP contribution in [0.5, 0.6) is 0 Å². The van der Waals surface area contributed by atoms with Gasteiger partial charge in [-0.25, -0.2) is 9.78 Å². The van der Waals surface area contributed by atoms with Gasteiger partial charge in [0.2, 0.25) is 0 Å². The summed E-state index contributed by atoms with van der Waals surface area (Å²) < 4.78 is 71.9. The van der Waals surface area contributed by atoms with E-state index >= 15 is 0 Å². The van der Waals surface area contributed by atoms with E-state index in [1.165, 1.54) is 11.6 Å². The van der Waals surface area contributed by atoms with Crippen LogP contribution in [0.4, 0.5) is 32.0 Å². The van der Waals surface area contributed by atoms with Gasteiger partial charge in [-0.3, -0.25) is 0 Å². The quantitative estimate of drug-likeness (QED) is 0.345. The zero-order valence-corrected chi connectivity index (χ0v) is 19.4. The summed E-state index contributed by atoms with van der Waals surface area (Å²) in [7, 11) is 0. The van der Waals surface area contributed by atoms with Gasteiger partial charge in [0.25, 0.3) is 0 Å². The molecule has 1 aromatic heterocycles. The van der Waals surface area contributed by atoms with Gasteiger partial charge in [-0.05, 0) is 55.8 Å². The molecule has 3 N–H and O–H groups in total. The van der Waals surface area contributed by atoms with Crippen molar-refractivity contribution in [2.45, 2.75) is 30.6 Å². The topological polar surface area (TPSA) is 74.2 Å². The summed E-state index contributed by atoms with van der Waals surface area (Å²) in [6.45, 7) is 2.27. The molecule has 1 aliphatic heterocycles. The molecular formula is C24H22ClF6N3O2. The largest absolute Gasteiger partial charge is 0.490 e. The third kappa shape index (κ3) is 6.79. The maximum atomic E-state index is 13.4. The summed E-state index contributed by atoms with van der Waals surface area (Å²) in [5.74, 6) is -2.76. The van der Waals surface area contributed by atoms with Crippen LogP contribution in [0, 0.1) is 0 Å². The van der Waals surface area contributed by atoms with Crippen LogP contribution in [0.15, 0.2) is 54.6 Å². The number of aromatic nitrogens is 1. The highest BCUT2D eigenvalue weighted by Crippen LogP contribution is 2.37. The summed E-state index contributed by atoms with van der Waals surface area (Å²) in [6, 6.07) is 16.0. The lowest BCUT2D eigenvalue weighted by Crippen LogP contribution is -2.44. The van der Waals surface area contributed by atoms with Gasteiger partial charge in [0.05, 0.1) is 5.52 Å². The summed E-state index contributed by atoms with van der Waals surface area (Å²) in [4.78, 5) is 12.7. The molecule has 0 spiro atoms. The van der Waals surface area contributed by atoms with Crippen molar-refractivity contribution in [1.29, 1.82) is 0 Å². The molecule has 3 aromatic rings. The highest BCUT2D eigenvalue weighted by Gasteiger charge is 2.38. The van der Waals surface area contributed by atoms with Crippen LogP contribution in [-0.4, -0.2) is 41.9 Å². The first kappa shape index (κ1) is 27.5. The Morgan fingerprint density at radius 1 is 1.03 bits per heavy atom. The van der Waals surface area contributed by atoms with Crippen LogP contribution < -0.4 is 10.6 Å². The molecular weight excluding hydrogens is 512 g/mol. The number of alkyl halides is 6. The van der Waals surface area contributed by atoms with E-state index in [1.54, 1.807) is 12.1 Å². The molecule has 1 fully saturated rings. The molecule has 1 aliphatic rings. The van der Waals surface area contributed by atoms with Crippen molar-refractivity contribution in [3.8, 4) is 0 Å². The molecule has 4 rings (SSSR count). The van der Waals surface area contributed by atoms with E-state index in [2.05, 4.69) is 27.8 Å². The van der Waals surface area contributed by atoms with Crippen LogP contribution in [0.3, 0.4) is 0 Å². The Morgan fingerprint density at radius 2 is 1.64 bits per heavy atom. The zero-order valence-electron chi connectivity index (χ0n) is 18.7. The molecule has 36 heavy (non-hydrogen) atoms. The van der Waals surface area contributed by atoms with Crippen LogP contribution in [-0.2, 0) is 16.4 Å². The van der Waals surface area contributed by atoms with Crippen molar-refractivity contribution in [3.05, 3.63) is 70.9 Å². The molecule has 0 bridgehead atoms. The van der Waals surface area contributed by atoms with Crippen LogP contribution in [0.1, 0.15) is 24.1 Å². The van der Waals surface area contributed by atoms with Crippen molar-refractivity contribution in [2.75, 3.05) is 25.0 Å². The average molecular weight is 534 g/mol. The molecule has 2 aromatic carbocycles. The minimum absolute atomic E-state index is 0.154. The third-order valence-electron chi connectivity index (χ3n) is 5.87. The van der Waals surface area contributed by atoms with Gasteiger partial charge in [0, 0.05) is 28.1 Å². The SMILES string of the molecule is FC(F)(F)c1cc(NCC2(c3ccccc3)CCNCC2)c2cc(Cl)ccc2n1.O=C(O)C(F)(F)F. The van der Waals surface area contributed by atoms with E-state index in [-0.39, 0.29) is 10.9 Å². The number of aliphatic carboxylic acids is 1. The van der Waals surface area contributed by atoms with Crippen molar-refractivity contribution >= 4 is 34.2 Å². The van der Waals surface area contributed by atoms with E-state index in [0.717, 1.165) is 32.0 Å². The van der Waals surface area contributed by atoms with Gasteiger partial charge < -0.3 is 15.7 Å². The maximum absolute atomic E-state index is 13.4. The number of piperidine rings is 1. The first-order valence-electron chi connectivity index (χ1n) is 10.8. The number of nitrogens with one attached hydrogen (secondary N) is 2. The van der Waals surface area contributed by atoms with Gasteiger partial charge >= 0.3 is 18.3 Å². The standard InChI is InChI=1S/C22H21ClF3N3.C2HF3O2/c23-16-6-7-18-17(12-16)19(13-20(29-18)22(24,25)26)28-14-21(8-10-27-11-9-21)15-4-2-1-3-5-15;3-2(4,5)1(6)7/h1-7,12-13,27H,8-11,14H2,(H,28,29);(H,6,7). The highest BCUT2D eigenvalue weighted by atomic mass is 35.5. The Kier molecular flexibility index (Phi) is 8.35. The molecule has 0 aliphatic carbocycles. The second-order valence-electron chi connectivity index (χ2n) is 8.27. The predicted octanol–water partition coefficient (Wildman–Crippen LogP) is 6.27. The first-order valence-corrected chi connectivity index (χ1v) is 11.2. The van der Waals surface area contributed by atoms with Gasteiger partial charge in [0.1, 0.15) is 5.69 Å². The number of carboxylic acids is 1. The van der Waals surface area contributed by atoms with Crippen molar-refractivity contribution < 1.29 is 36.2 Å². The molecule has 0 unspecified atom stereocenters. The fraction of sp³-hybridized carbons (Fsp3) is 0.333. The van der Waals surface area contributed by atoms with Crippen LogP contribution in [0.25, 0.3) is 10.9 Å². The van der Waals surface area contributed by atoms with Gasteiger partial charge in [-0.2, -0.15) is 26.3 Å². The number of halogens is 7. The number of carbonyl (C=O) groups is 1. The molecule has 0 saturated carbocycles. The molecule has 12 heteroatoms. The van der Waals surface area contributed by atoms with E-state index in [0.29, 0.717) is 22.6 Å². The Hall–Kier alpha value is -3.05. The fourth-order valence-electron chi connectivity index (χ4n) is 4.02. The second-order valence-corrected chi connectivity index (χ2v) is 8.70. The number of anilines is 1. The summed E-state index contributed by atoms with van der Waals surface area (Å²) in [5, 5.41) is 14.9. The van der Waals surface area contributed by atoms with E-state index in [4.69, 9.17) is 21.5 Å². The van der Waals surface area contributed by atoms with Crippen molar-refractivity contribution in [2.24, 2.45) is 0 Å². The lowest BCUT2D eigenvalue weighted by molar-refractivity contribution is -0.192. The summed E-state index contributed by atoms with van der Waals surface area (Å²) in [6.07, 6.45) is -7.80. The fourth-order valence-corrected chi connectivity index (χ4v) is 4.19. The monoisotopic (exact) mass is 533 g/mol. The molecule has 5 nitrogen and oxygen atoms in total. The zero-order chi connectivity index (χ0) is 26.6. The number of carboxylic acid groups (broad SMARTS) is 1. The van der Waals surface area contributed by atoms with E-state index in [9.17, 15) is 26.3 Å². The highest BCUT2D eigenvalue weighted by molar-refractivity contribution is 6.31. The predicted molar refractivity (Wildman–Crippen MR) is 124 cm³/mol. The number of pyridine rings is 1. The van der Waals surface area contributed by atoms with Crippen molar-refractivity contribution in [3.63, 3.8) is 0 Å². The minimum Gasteiger partial charge on any atom is -0.475 e. The Labute approximate surface area is 207 Å². The number of hydrogen-bond donors (Lipinski definition) is 3. The van der Waals surface area contributed by atoms with E-state index < -0.39 is 24.0 Å². The Morgan fingerprint density at radius 3 is 2.19 bits per heavy atom. The first-order chi connectivity index (χ1) is 16.8. The molecule has 2 heterocycles. The van der Waals surface area contributed by atoms with Gasteiger partial charge in [-0.15, -0.1) is 0 Å². The molecule has 1 saturated heterocycles. The number of nitrogens with zero attached hydrogens (tertiary/aromatic N) is 1. The number of hydrogen-bond acceptors (Lipinski definition) is 4. The van der Waals surface area contributed by atoms with Gasteiger partial charge in [0.15, 0.2) is 0 Å². The number of benzene rings is 2. The number of rotatable bonds is 4. The lowest BCUT2D eigenvalue weighted by Gasteiger charge is -2.39. The van der Waals surface area contributed by atoms with Crippen LogP contribution in [0.2, 0.25) is 5.02 Å². The molecule has 0 radical (unpaired) electrons. The second kappa shape index (κ2) is 10.9. The molecule has 0 amide bonds. The van der Waals surface area contributed by atoms with Crippen LogP contribution >= 0.6 is 11.6 Å². The summed E-state index contributed by atoms with van der Waals surface area (Å²) in [5.41, 5.74) is 0.804. The number of fused-ring (bicyclic) bond motifs is 1. The van der Waals surface area contributed by atoms with Gasteiger partial charge in [-0.1, -0.05) is 41.9 Å². The summed E-state index contributed by atoms with van der Waals surface area (Å²) >= 11 is 6.11. The maximum Gasteiger partial charge on any atom is 0.490 e. The Balaban J connectivity index is 0.000000454. The lowest BCUT2D eigenvalue weighted by atomic mass is 9.73. The average Bonchev–Trinajstić information content (AvgIpc) is 2.83. The normalized spacial score (nSPS) is 15.6. The smallest absolute Gasteiger partial charge is 0.475 e. The minimum atomic E-state index is -5.08. The third-order valence-corrected chi connectivity index (χ3v) is 6.10. The Bertz CT molecular complexity index is 1200. The van der Waals surface area contributed by atoms with Crippen molar-refractivity contribution in [1.82, 2.24) is 10.3 Å². The van der Waals surface area contributed by atoms with E-state index in [1.807, 2.05) is 18.2 Å². The molecule has 0 atom stereocenters. The molecule has 194 valence electrons.